The number of nitrogens with one attached hydrogen (secondary N) is 2. The number of hydrogen-bond acceptors (Lipinski definition) is 9. The van der Waals surface area contributed by atoms with Crippen molar-refractivity contribution in [3.8, 4) is 0 Å². The maximum Gasteiger partial charge on any atom is 0.270 e. The van der Waals surface area contributed by atoms with Crippen molar-refractivity contribution in [2.75, 3.05) is 37.9 Å². The number of carbonyl (C=O) groups excluding carboxylic acids is 1. The van der Waals surface area contributed by atoms with E-state index in [0.717, 1.165) is 11.5 Å². The first-order chi connectivity index (χ1) is 15.4. The average molecular weight is 480 g/mol. The maximum absolute atomic E-state index is 12.5. The molecule has 0 aliphatic heterocycles. The molecule has 3 aromatic rings. The summed E-state index contributed by atoms with van der Waals surface area (Å²) in [6.45, 7) is 4.29. The molecular formula is C19H22ClN7O4S. The molecular weight excluding hydrogens is 458 g/mol. The van der Waals surface area contributed by atoms with Gasteiger partial charge in [-0.2, -0.15) is 5.10 Å². The molecule has 3 rings (SSSR count). The van der Waals surface area contributed by atoms with Crippen LogP contribution in [0.5, 0.6) is 0 Å². The summed E-state index contributed by atoms with van der Waals surface area (Å²) in [4.78, 5) is 31.9. The first kappa shape index (κ1) is 23.7. The van der Waals surface area contributed by atoms with Gasteiger partial charge in [0.15, 0.2) is 10.8 Å². The lowest BCUT2D eigenvalue weighted by Gasteiger charge is -2.10. The van der Waals surface area contributed by atoms with Crippen molar-refractivity contribution < 1.29 is 14.5 Å². The Morgan fingerprint density at radius 2 is 2.16 bits per heavy atom. The Balaban J connectivity index is 1.71. The van der Waals surface area contributed by atoms with Crippen LogP contribution in [0.1, 0.15) is 17.3 Å². The van der Waals surface area contributed by atoms with E-state index in [0.29, 0.717) is 42.9 Å². The van der Waals surface area contributed by atoms with E-state index in [1.54, 1.807) is 10.9 Å². The zero-order valence-corrected chi connectivity index (χ0v) is 19.1. The van der Waals surface area contributed by atoms with Crippen LogP contribution in [0, 0.1) is 10.1 Å². The minimum atomic E-state index is -0.577. The molecule has 13 heteroatoms. The van der Waals surface area contributed by atoms with Gasteiger partial charge < -0.3 is 15.4 Å². The van der Waals surface area contributed by atoms with Gasteiger partial charge in [0.1, 0.15) is 5.82 Å². The molecule has 0 saturated carbocycles. The predicted octanol–water partition coefficient (Wildman–Crippen LogP) is 2.99. The summed E-state index contributed by atoms with van der Waals surface area (Å²) < 4.78 is 7.02. The average Bonchev–Trinajstić information content (AvgIpc) is 3.19. The number of aromatic nitrogens is 4. The number of hydrogen-bond donors (Lipinski definition) is 2. The van der Waals surface area contributed by atoms with Gasteiger partial charge in [-0.05, 0) is 19.2 Å². The van der Waals surface area contributed by atoms with E-state index in [2.05, 4.69) is 25.7 Å². The third kappa shape index (κ3) is 5.64. The lowest BCUT2D eigenvalue weighted by molar-refractivity contribution is -0.384. The van der Waals surface area contributed by atoms with Gasteiger partial charge in [0.05, 0.1) is 40.2 Å². The van der Waals surface area contributed by atoms with E-state index in [9.17, 15) is 14.9 Å². The number of nitrogens with zero attached hydrogens (tertiary/aromatic N) is 5. The lowest BCUT2D eigenvalue weighted by atomic mass is 10.2. The van der Waals surface area contributed by atoms with Crippen molar-refractivity contribution in [3.05, 3.63) is 45.1 Å². The van der Waals surface area contributed by atoms with E-state index < -0.39 is 10.8 Å². The molecule has 0 aliphatic carbocycles. The molecule has 0 atom stereocenters. The summed E-state index contributed by atoms with van der Waals surface area (Å²) in [5, 5.41) is 22.8. The van der Waals surface area contributed by atoms with E-state index in [4.69, 9.17) is 16.3 Å². The number of nitro benzene ring substituents is 1. The molecule has 0 radical (unpaired) electrons. The van der Waals surface area contributed by atoms with Crippen LogP contribution in [0.2, 0.25) is 5.02 Å². The third-order valence-corrected chi connectivity index (χ3v) is 5.29. The highest BCUT2D eigenvalue weighted by Gasteiger charge is 2.16. The Kier molecular flexibility index (Phi) is 8.20. The third-order valence-electron chi connectivity index (χ3n) is 4.42. The number of benzene rings is 1. The molecule has 11 nitrogen and oxygen atoms in total. The SMILES string of the molecule is CCOCCNc1nc(SC)nc2c1cnn2CCNC(=O)c1cc([N+](=O)[O-])ccc1Cl. The number of ether oxygens (including phenoxy) is 1. The van der Waals surface area contributed by atoms with Crippen molar-refractivity contribution in [2.24, 2.45) is 0 Å². The number of non-ortho nitro benzene ring substituents is 1. The van der Waals surface area contributed by atoms with Crippen LogP contribution in [0.25, 0.3) is 11.0 Å². The normalized spacial score (nSPS) is 11.0. The topological polar surface area (TPSA) is 137 Å². The van der Waals surface area contributed by atoms with Gasteiger partial charge in [-0.1, -0.05) is 23.4 Å². The summed E-state index contributed by atoms with van der Waals surface area (Å²) in [5.74, 6) is 0.158. The molecule has 0 saturated heterocycles. The highest BCUT2D eigenvalue weighted by Crippen LogP contribution is 2.24. The number of halogens is 1. The smallest absolute Gasteiger partial charge is 0.270 e. The van der Waals surface area contributed by atoms with Crippen LogP contribution in [0.4, 0.5) is 11.5 Å². The van der Waals surface area contributed by atoms with Crippen LogP contribution < -0.4 is 10.6 Å². The molecule has 2 aromatic heterocycles. The van der Waals surface area contributed by atoms with Crippen molar-refractivity contribution in [3.63, 3.8) is 0 Å². The minimum Gasteiger partial charge on any atom is -0.380 e. The second-order valence-electron chi connectivity index (χ2n) is 6.46. The molecule has 0 spiro atoms. The van der Waals surface area contributed by atoms with Gasteiger partial charge in [0, 0.05) is 31.8 Å². The van der Waals surface area contributed by atoms with Gasteiger partial charge in [-0.25, -0.2) is 14.6 Å². The van der Waals surface area contributed by atoms with Crippen LogP contribution in [0.3, 0.4) is 0 Å². The monoisotopic (exact) mass is 479 g/mol. The van der Waals surface area contributed by atoms with Crippen LogP contribution in [0.15, 0.2) is 29.6 Å². The van der Waals surface area contributed by atoms with Crippen molar-refractivity contribution in [2.45, 2.75) is 18.6 Å². The highest BCUT2D eigenvalue weighted by molar-refractivity contribution is 7.98. The largest absolute Gasteiger partial charge is 0.380 e. The number of carbonyl (C=O) groups is 1. The number of anilines is 1. The van der Waals surface area contributed by atoms with Gasteiger partial charge in [0.25, 0.3) is 11.6 Å². The lowest BCUT2D eigenvalue weighted by Crippen LogP contribution is -2.28. The molecule has 170 valence electrons. The van der Waals surface area contributed by atoms with Crippen molar-refractivity contribution in [1.29, 1.82) is 0 Å². The van der Waals surface area contributed by atoms with Crippen molar-refractivity contribution >= 4 is 51.8 Å². The predicted molar refractivity (Wildman–Crippen MR) is 123 cm³/mol. The molecule has 2 N–H and O–H groups in total. The second kappa shape index (κ2) is 11.1. The Morgan fingerprint density at radius 3 is 2.88 bits per heavy atom. The fourth-order valence-electron chi connectivity index (χ4n) is 2.88. The standard InChI is InChI=1S/C19H22ClN7O4S/c1-3-31-9-7-21-16-14-11-23-26(17(14)25-19(24-16)32-2)8-6-22-18(28)13-10-12(27(29)30)4-5-15(13)20/h4-5,10-11H,3,6-9H2,1-2H3,(H,22,28)(H,21,24,25). The Labute approximate surface area is 193 Å². The molecule has 2 heterocycles. The Morgan fingerprint density at radius 1 is 1.34 bits per heavy atom. The van der Waals surface area contributed by atoms with Crippen molar-refractivity contribution in [1.82, 2.24) is 25.1 Å². The number of fused-ring (bicyclic) bond motifs is 1. The summed E-state index contributed by atoms with van der Waals surface area (Å²) in [6.07, 6.45) is 3.55. The van der Waals surface area contributed by atoms with Crippen LogP contribution in [-0.4, -0.2) is 63.1 Å². The number of nitro groups is 1. The Hall–Kier alpha value is -2.96. The zero-order chi connectivity index (χ0) is 23.1. The van der Waals surface area contributed by atoms with E-state index >= 15 is 0 Å². The van der Waals surface area contributed by atoms with Crippen LogP contribution in [-0.2, 0) is 11.3 Å². The molecule has 0 fully saturated rings. The molecule has 0 bridgehead atoms. The van der Waals surface area contributed by atoms with Crippen LogP contribution >= 0.6 is 23.4 Å². The summed E-state index contributed by atoms with van der Waals surface area (Å²) in [6, 6.07) is 3.73. The zero-order valence-electron chi connectivity index (χ0n) is 17.5. The fourth-order valence-corrected chi connectivity index (χ4v) is 3.45. The second-order valence-corrected chi connectivity index (χ2v) is 7.65. The minimum absolute atomic E-state index is 0.0407. The van der Waals surface area contributed by atoms with E-state index in [1.165, 1.54) is 23.9 Å². The molecule has 0 unspecified atom stereocenters. The summed E-state index contributed by atoms with van der Waals surface area (Å²) in [7, 11) is 0. The maximum atomic E-state index is 12.5. The number of rotatable bonds is 11. The summed E-state index contributed by atoms with van der Waals surface area (Å²) in [5.41, 5.74) is 0.466. The van der Waals surface area contributed by atoms with E-state index in [1.807, 2.05) is 13.2 Å². The highest BCUT2D eigenvalue weighted by atomic mass is 35.5. The van der Waals surface area contributed by atoms with Gasteiger partial charge in [-0.15, -0.1) is 0 Å². The number of amides is 1. The molecule has 0 aliphatic rings. The summed E-state index contributed by atoms with van der Waals surface area (Å²) >= 11 is 7.44. The van der Waals surface area contributed by atoms with Gasteiger partial charge >= 0.3 is 0 Å². The molecule has 1 aromatic carbocycles. The first-order valence-electron chi connectivity index (χ1n) is 9.75. The van der Waals surface area contributed by atoms with Gasteiger partial charge in [0.2, 0.25) is 0 Å². The molecule has 1 amide bonds. The van der Waals surface area contributed by atoms with Gasteiger partial charge in [-0.3, -0.25) is 14.9 Å². The molecule has 32 heavy (non-hydrogen) atoms. The quantitative estimate of drug-likeness (QED) is 0.140. The number of thioether (sulfide) groups is 1. The first-order valence-corrected chi connectivity index (χ1v) is 11.4. The Bertz CT molecular complexity index is 1120. The fraction of sp³-hybridized carbons (Fsp3) is 0.368. The van der Waals surface area contributed by atoms with E-state index in [-0.39, 0.29) is 22.8 Å².